The van der Waals surface area contributed by atoms with E-state index in [1.165, 1.54) is 16.8 Å². The molecule has 1 saturated heterocycles. The van der Waals surface area contributed by atoms with Crippen LogP contribution in [0.1, 0.15) is 35.6 Å². The van der Waals surface area contributed by atoms with Gasteiger partial charge in [0, 0.05) is 31.3 Å². The van der Waals surface area contributed by atoms with Gasteiger partial charge in [-0.05, 0) is 68.1 Å². The second-order valence-electron chi connectivity index (χ2n) is 7.01. The van der Waals surface area contributed by atoms with E-state index < -0.39 is 0 Å². The van der Waals surface area contributed by atoms with Gasteiger partial charge in [0.15, 0.2) is 0 Å². The number of likely N-dealkylation sites (tertiary alicyclic amines) is 1. The van der Waals surface area contributed by atoms with Gasteiger partial charge < -0.3 is 5.32 Å². The molecule has 0 saturated carbocycles. The maximum atomic E-state index is 4.53. The second kappa shape index (κ2) is 8.22. The molecule has 1 aliphatic heterocycles. The molecular formula is C21H24N6. The molecule has 0 atom stereocenters. The second-order valence-corrected chi connectivity index (χ2v) is 7.01. The molecule has 1 aliphatic rings. The predicted molar refractivity (Wildman–Crippen MR) is 106 cm³/mol. The Morgan fingerprint density at radius 2 is 1.85 bits per heavy atom. The number of rotatable bonds is 5. The molecule has 1 N–H and O–H groups in total. The molecule has 0 aliphatic carbocycles. The first kappa shape index (κ1) is 17.5. The Balaban J connectivity index is 1.37. The minimum absolute atomic E-state index is 0.566. The van der Waals surface area contributed by atoms with Crippen LogP contribution < -0.4 is 5.32 Å². The third-order valence-electron chi connectivity index (χ3n) is 5.15. The monoisotopic (exact) mass is 360 g/mol. The van der Waals surface area contributed by atoms with Gasteiger partial charge in [0.05, 0.1) is 11.9 Å². The van der Waals surface area contributed by atoms with E-state index in [0.29, 0.717) is 11.7 Å². The third-order valence-corrected chi connectivity index (χ3v) is 5.15. The zero-order valence-corrected chi connectivity index (χ0v) is 15.5. The van der Waals surface area contributed by atoms with Crippen LogP contribution in [0.3, 0.4) is 0 Å². The Labute approximate surface area is 159 Å². The first-order chi connectivity index (χ1) is 13.3. The van der Waals surface area contributed by atoms with Gasteiger partial charge in [-0.25, -0.2) is 9.97 Å². The quantitative estimate of drug-likeness (QED) is 0.748. The summed E-state index contributed by atoms with van der Waals surface area (Å²) in [6.07, 6.45) is 11.1. The smallest absolute Gasteiger partial charge is 0.150 e. The zero-order valence-electron chi connectivity index (χ0n) is 15.5. The first-order valence-electron chi connectivity index (χ1n) is 9.40. The maximum absolute atomic E-state index is 4.53. The van der Waals surface area contributed by atoms with Gasteiger partial charge in [-0.1, -0.05) is 6.07 Å². The Morgan fingerprint density at radius 3 is 2.63 bits per heavy atom. The highest BCUT2D eigenvalue weighted by Gasteiger charge is 2.21. The van der Waals surface area contributed by atoms with Gasteiger partial charge in [0.1, 0.15) is 11.6 Å². The van der Waals surface area contributed by atoms with Crippen molar-refractivity contribution in [2.75, 3.05) is 18.4 Å². The fourth-order valence-corrected chi connectivity index (χ4v) is 3.58. The molecule has 6 nitrogen and oxygen atoms in total. The predicted octanol–water partition coefficient (Wildman–Crippen LogP) is 3.70. The molecule has 6 heteroatoms. The molecule has 0 radical (unpaired) electrons. The minimum Gasteiger partial charge on any atom is -0.324 e. The Kier molecular flexibility index (Phi) is 5.34. The fraction of sp³-hybridized carbons (Fsp3) is 0.333. The number of aryl methyl sites for hydroxylation is 1. The summed E-state index contributed by atoms with van der Waals surface area (Å²) in [5, 5.41) is 3.23. The normalized spacial score (nSPS) is 15.6. The standard InChI is InChI=1S/C21H24N6/c1-16-3-2-7-23-19(16)15-27-11-5-17(6-12-27)18-4-8-24-20(13-18)26-21-14-22-9-10-25-21/h2-4,7-10,13-14,17H,5-6,11-12,15H2,1H3,(H,24,25,26). The average Bonchev–Trinajstić information content (AvgIpc) is 2.71. The number of nitrogens with one attached hydrogen (secondary N) is 1. The maximum Gasteiger partial charge on any atom is 0.150 e. The number of pyridine rings is 2. The van der Waals surface area contributed by atoms with Crippen LogP contribution in [-0.2, 0) is 6.54 Å². The SMILES string of the molecule is Cc1cccnc1CN1CCC(c2ccnc(Nc3cnccn3)c2)CC1. The number of nitrogens with zero attached hydrogens (tertiary/aromatic N) is 5. The summed E-state index contributed by atoms with van der Waals surface area (Å²) in [7, 11) is 0. The number of piperidine rings is 1. The van der Waals surface area contributed by atoms with Gasteiger partial charge in [-0.2, -0.15) is 0 Å². The molecule has 0 bridgehead atoms. The summed E-state index contributed by atoms with van der Waals surface area (Å²) in [4.78, 5) is 19.8. The fourth-order valence-electron chi connectivity index (χ4n) is 3.58. The van der Waals surface area contributed by atoms with E-state index in [-0.39, 0.29) is 0 Å². The number of anilines is 2. The molecule has 27 heavy (non-hydrogen) atoms. The van der Waals surface area contributed by atoms with E-state index in [4.69, 9.17) is 0 Å². The highest BCUT2D eigenvalue weighted by atomic mass is 15.1. The molecule has 0 unspecified atom stereocenters. The molecule has 138 valence electrons. The zero-order chi connectivity index (χ0) is 18.5. The highest BCUT2D eigenvalue weighted by molar-refractivity contribution is 5.51. The van der Waals surface area contributed by atoms with Crippen molar-refractivity contribution in [1.82, 2.24) is 24.8 Å². The summed E-state index contributed by atoms with van der Waals surface area (Å²) in [5.74, 6) is 2.10. The van der Waals surface area contributed by atoms with E-state index in [1.54, 1.807) is 18.6 Å². The van der Waals surface area contributed by atoms with Crippen LogP contribution in [0, 0.1) is 6.92 Å². The summed E-state index contributed by atoms with van der Waals surface area (Å²) >= 11 is 0. The molecule has 0 aromatic carbocycles. The van der Waals surface area contributed by atoms with E-state index in [2.05, 4.69) is 55.3 Å². The summed E-state index contributed by atoms with van der Waals surface area (Å²) in [6.45, 7) is 5.26. The topological polar surface area (TPSA) is 66.8 Å². The van der Waals surface area contributed by atoms with E-state index in [0.717, 1.165) is 38.3 Å². The van der Waals surface area contributed by atoms with Crippen LogP contribution in [0.15, 0.2) is 55.2 Å². The molecule has 3 aromatic rings. The van der Waals surface area contributed by atoms with Crippen molar-refractivity contribution >= 4 is 11.6 Å². The lowest BCUT2D eigenvalue weighted by Gasteiger charge is -2.32. The molecule has 4 heterocycles. The van der Waals surface area contributed by atoms with Crippen LogP contribution in [-0.4, -0.2) is 37.9 Å². The lowest BCUT2D eigenvalue weighted by Crippen LogP contribution is -2.33. The summed E-state index contributed by atoms with van der Waals surface area (Å²) in [6, 6.07) is 8.40. The molecule has 1 fully saturated rings. The van der Waals surface area contributed by atoms with Gasteiger partial charge in [0.2, 0.25) is 0 Å². The van der Waals surface area contributed by atoms with E-state index in [1.807, 2.05) is 18.5 Å². The van der Waals surface area contributed by atoms with Crippen LogP contribution >= 0.6 is 0 Å². The van der Waals surface area contributed by atoms with Crippen LogP contribution in [0.5, 0.6) is 0 Å². The van der Waals surface area contributed by atoms with Crippen molar-refractivity contribution in [2.45, 2.75) is 32.2 Å². The number of hydrogen-bond donors (Lipinski definition) is 1. The largest absolute Gasteiger partial charge is 0.324 e. The average molecular weight is 360 g/mol. The third kappa shape index (κ3) is 4.46. The first-order valence-corrected chi connectivity index (χ1v) is 9.40. The van der Waals surface area contributed by atoms with Gasteiger partial charge in [-0.15, -0.1) is 0 Å². The van der Waals surface area contributed by atoms with Crippen molar-refractivity contribution in [3.8, 4) is 0 Å². The van der Waals surface area contributed by atoms with Crippen LogP contribution in [0.25, 0.3) is 0 Å². The number of hydrogen-bond acceptors (Lipinski definition) is 6. The highest BCUT2D eigenvalue weighted by Crippen LogP contribution is 2.30. The molecule has 3 aromatic heterocycles. The lowest BCUT2D eigenvalue weighted by molar-refractivity contribution is 0.202. The Morgan fingerprint density at radius 1 is 1.00 bits per heavy atom. The summed E-state index contributed by atoms with van der Waals surface area (Å²) in [5.41, 5.74) is 3.80. The van der Waals surface area contributed by atoms with Crippen molar-refractivity contribution in [3.63, 3.8) is 0 Å². The van der Waals surface area contributed by atoms with Crippen LogP contribution in [0.4, 0.5) is 11.6 Å². The molecule has 4 rings (SSSR count). The van der Waals surface area contributed by atoms with E-state index >= 15 is 0 Å². The summed E-state index contributed by atoms with van der Waals surface area (Å²) < 4.78 is 0. The van der Waals surface area contributed by atoms with Crippen molar-refractivity contribution < 1.29 is 0 Å². The van der Waals surface area contributed by atoms with Gasteiger partial charge >= 0.3 is 0 Å². The lowest BCUT2D eigenvalue weighted by atomic mass is 9.90. The van der Waals surface area contributed by atoms with E-state index in [9.17, 15) is 0 Å². The van der Waals surface area contributed by atoms with Crippen molar-refractivity contribution in [2.24, 2.45) is 0 Å². The minimum atomic E-state index is 0.566. The van der Waals surface area contributed by atoms with Gasteiger partial charge in [0.25, 0.3) is 0 Å². The van der Waals surface area contributed by atoms with Gasteiger partial charge in [-0.3, -0.25) is 14.9 Å². The molecular weight excluding hydrogens is 336 g/mol. The molecule has 0 amide bonds. The Hall–Kier alpha value is -2.86. The number of aromatic nitrogens is 4. The van der Waals surface area contributed by atoms with Crippen LogP contribution in [0.2, 0.25) is 0 Å². The van der Waals surface area contributed by atoms with Crippen molar-refractivity contribution in [3.05, 3.63) is 72.1 Å². The Bertz CT molecular complexity index is 875. The molecule has 0 spiro atoms. The van der Waals surface area contributed by atoms with Crippen molar-refractivity contribution in [1.29, 1.82) is 0 Å².